The summed E-state index contributed by atoms with van der Waals surface area (Å²) in [5.74, 6) is -0.295. The third kappa shape index (κ3) is 6.16. The number of thioether (sulfide) groups is 1. The van der Waals surface area contributed by atoms with E-state index >= 15 is 0 Å². The summed E-state index contributed by atoms with van der Waals surface area (Å²) in [7, 11) is 0. The lowest BCUT2D eigenvalue weighted by Crippen LogP contribution is -2.17. The van der Waals surface area contributed by atoms with Crippen molar-refractivity contribution in [3.63, 3.8) is 0 Å². The molecule has 7 heteroatoms. The molecule has 1 amide bonds. The second-order valence-electron chi connectivity index (χ2n) is 4.98. The minimum atomic E-state index is -4.73. The fourth-order valence-electron chi connectivity index (χ4n) is 1.96. The first-order valence-corrected chi connectivity index (χ1v) is 8.20. The van der Waals surface area contributed by atoms with Gasteiger partial charge in [-0.2, -0.15) is 0 Å². The molecule has 2 aromatic carbocycles. The molecule has 0 aliphatic rings. The number of carbonyl (C=O) groups excluding carboxylic acids is 1. The number of benzene rings is 2. The van der Waals surface area contributed by atoms with Crippen LogP contribution in [0.15, 0.2) is 54.6 Å². The molecule has 0 bridgehead atoms. The summed E-state index contributed by atoms with van der Waals surface area (Å²) in [5, 5.41) is 2.81. The summed E-state index contributed by atoms with van der Waals surface area (Å²) in [6.45, 7) is 2.01. The van der Waals surface area contributed by atoms with E-state index in [4.69, 9.17) is 0 Å². The fraction of sp³-hybridized carbons (Fsp3) is 0.235. The van der Waals surface area contributed by atoms with E-state index in [9.17, 15) is 18.0 Å². The van der Waals surface area contributed by atoms with Crippen molar-refractivity contribution in [1.82, 2.24) is 0 Å². The van der Waals surface area contributed by atoms with Crippen molar-refractivity contribution >= 4 is 23.4 Å². The summed E-state index contributed by atoms with van der Waals surface area (Å²) in [5.41, 5.74) is 1.55. The first-order valence-electron chi connectivity index (χ1n) is 7.16. The van der Waals surface area contributed by atoms with E-state index in [2.05, 4.69) is 10.1 Å². The van der Waals surface area contributed by atoms with Crippen LogP contribution in [-0.4, -0.2) is 18.0 Å². The van der Waals surface area contributed by atoms with Crippen LogP contribution in [0.4, 0.5) is 18.9 Å². The largest absolute Gasteiger partial charge is 0.573 e. The molecular weight excluding hydrogens is 339 g/mol. The maximum atomic E-state index is 12.1. The van der Waals surface area contributed by atoms with Gasteiger partial charge in [0, 0.05) is 10.9 Å². The number of ether oxygens (including phenoxy) is 1. The number of anilines is 1. The Hall–Kier alpha value is -2.15. The molecule has 0 aliphatic heterocycles. The van der Waals surface area contributed by atoms with Gasteiger partial charge in [-0.15, -0.1) is 24.9 Å². The summed E-state index contributed by atoms with van der Waals surface area (Å²) in [6.07, 6.45) is -4.73. The standard InChI is InChI=1S/C17H16F3NO2S/c1-12(13-5-3-2-4-6-13)24-11-16(22)21-14-7-9-15(10-8-14)23-17(18,19)20/h2-10,12H,11H2,1H3,(H,21,22)/t12-/m0/s1. The minimum Gasteiger partial charge on any atom is -0.406 e. The van der Waals surface area contributed by atoms with Gasteiger partial charge in [-0.3, -0.25) is 4.79 Å². The molecule has 128 valence electrons. The lowest BCUT2D eigenvalue weighted by atomic mass is 10.2. The predicted octanol–water partition coefficient (Wildman–Crippen LogP) is 5.02. The Balaban J connectivity index is 1.82. The molecule has 2 rings (SSSR count). The summed E-state index contributed by atoms with van der Waals surface area (Å²) >= 11 is 1.48. The molecule has 0 saturated heterocycles. The van der Waals surface area contributed by atoms with Crippen LogP contribution in [0.1, 0.15) is 17.7 Å². The van der Waals surface area contributed by atoms with Crippen molar-refractivity contribution in [3.8, 4) is 5.75 Å². The van der Waals surface area contributed by atoms with Gasteiger partial charge >= 0.3 is 6.36 Å². The second kappa shape index (κ2) is 8.10. The van der Waals surface area contributed by atoms with Crippen molar-refractivity contribution in [3.05, 3.63) is 60.2 Å². The van der Waals surface area contributed by atoms with Gasteiger partial charge in [-0.25, -0.2) is 0 Å². The van der Waals surface area contributed by atoms with Crippen LogP contribution in [0.25, 0.3) is 0 Å². The van der Waals surface area contributed by atoms with Crippen molar-refractivity contribution in [2.75, 3.05) is 11.1 Å². The molecule has 0 fully saturated rings. The number of hydrogen-bond acceptors (Lipinski definition) is 3. The van der Waals surface area contributed by atoms with E-state index in [0.717, 1.165) is 17.7 Å². The van der Waals surface area contributed by atoms with Gasteiger partial charge < -0.3 is 10.1 Å². The molecule has 24 heavy (non-hydrogen) atoms. The molecule has 1 N–H and O–H groups in total. The van der Waals surface area contributed by atoms with Crippen LogP contribution in [-0.2, 0) is 4.79 Å². The monoisotopic (exact) mass is 355 g/mol. The van der Waals surface area contributed by atoms with Crippen LogP contribution in [0.5, 0.6) is 5.75 Å². The molecule has 0 unspecified atom stereocenters. The Labute approximate surface area is 142 Å². The number of rotatable bonds is 6. The van der Waals surface area contributed by atoms with Crippen molar-refractivity contribution in [1.29, 1.82) is 0 Å². The van der Waals surface area contributed by atoms with Crippen molar-refractivity contribution in [2.24, 2.45) is 0 Å². The molecule has 0 aliphatic carbocycles. The van der Waals surface area contributed by atoms with E-state index in [1.165, 1.54) is 23.9 Å². The Bertz CT molecular complexity index is 660. The summed E-state index contributed by atoms with van der Waals surface area (Å²) < 4.78 is 40.0. The Morgan fingerprint density at radius 1 is 1.12 bits per heavy atom. The Kier molecular flexibility index (Phi) is 6.14. The van der Waals surface area contributed by atoms with Gasteiger partial charge in [-0.05, 0) is 36.8 Å². The Morgan fingerprint density at radius 2 is 1.75 bits per heavy atom. The van der Waals surface area contributed by atoms with Gasteiger partial charge in [0.25, 0.3) is 0 Å². The third-order valence-electron chi connectivity index (χ3n) is 3.11. The lowest BCUT2D eigenvalue weighted by Gasteiger charge is -2.12. The topological polar surface area (TPSA) is 38.3 Å². The van der Waals surface area contributed by atoms with Gasteiger partial charge in [0.15, 0.2) is 0 Å². The smallest absolute Gasteiger partial charge is 0.406 e. The first kappa shape index (κ1) is 18.2. The number of amides is 1. The maximum Gasteiger partial charge on any atom is 0.573 e. The molecule has 3 nitrogen and oxygen atoms in total. The lowest BCUT2D eigenvalue weighted by molar-refractivity contribution is -0.274. The number of carbonyl (C=O) groups is 1. The zero-order valence-corrected chi connectivity index (χ0v) is 13.7. The molecule has 0 aromatic heterocycles. The number of halogens is 3. The zero-order valence-electron chi connectivity index (χ0n) is 12.8. The quantitative estimate of drug-likeness (QED) is 0.791. The van der Waals surface area contributed by atoms with E-state index in [0.29, 0.717) is 5.69 Å². The summed E-state index contributed by atoms with van der Waals surface area (Å²) in [4.78, 5) is 11.9. The predicted molar refractivity (Wildman–Crippen MR) is 89.1 cm³/mol. The second-order valence-corrected chi connectivity index (χ2v) is 6.31. The molecular formula is C17H16F3NO2S. The van der Waals surface area contributed by atoms with Crippen LogP contribution in [0, 0.1) is 0 Å². The molecule has 0 saturated carbocycles. The highest BCUT2D eigenvalue weighted by Crippen LogP contribution is 2.28. The van der Waals surface area contributed by atoms with Crippen LogP contribution in [0.2, 0.25) is 0 Å². The number of nitrogens with one attached hydrogen (secondary N) is 1. The van der Waals surface area contributed by atoms with E-state index < -0.39 is 6.36 Å². The normalized spacial score (nSPS) is 12.5. The van der Waals surface area contributed by atoms with Gasteiger partial charge in [0.1, 0.15) is 5.75 Å². The maximum absolute atomic E-state index is 12.1. The molecule has 0 radical (unpaired) electrons. The Morgan fingerprint density at radius 3 is 2.33 bits per heavy atom. The third-order valence-corrected chi connectivity index (χ3v) is 4.31. The highest BCUT2D eigenvalue weighted by Gasteiger charge is 2.30. The number of alkyl halides is 3. The average molecular weight is 355 g/mol. The van der Waals surface area contributed by atoms with Gasteiger partial charge in [0.05, 0.1) is 5.75 Å². The van der Waals surface area contributed by atoms with Crippen molar-refractivity contribution in [2.45, 2.75) is 18.5 Å². The van der Waals surface area contributed by atoms with E-state index in [1.54, 1.807) is 0 Å². The van der Waals surface area contributed by atoms with Crippen molar-refractivity contribution < 1.29 is 22.7 Å². The van der Waals surface area contributed by atoms with E-state index in [-0.39, 0.29) is 22.7 Å². The van der Waals surface area contributed by atoms with Crippen LogP contribution < -0.4 is 10.1 Å². The minimum absolute atomic E-state index is 0.166. The SMILES string of the molecule is C[C@H](SCC(=O)Nc1ccc(OC(F)(F)F)cc1)c1ccccc1. The molecule has 2 aromatic rings. The van der Waals surface area contributed by atoms with Crippen LogP contribution in [0.3, 0.4) is 0 Å². The zero-order chi connectivity index (χ0) is 17.6. The first-order chi connectivity index (χ1) is 11.3. The van der Waals surface area contributed by atoms with Crippen LogP contribution >= 0.6 is 11.8 Å². The fourth-order valence-corrected chi connectivity index (χ4v) is 2.78. The highest BCUT2D eigenvalue weighted by atomic mass is 32.2. The summed E-state index contributed by atoms with van der Waals surface area (Å²) in [6, 6.07) is 14.8. The highest BCUT2D eigenvalue weighted by molar-refractivity contribution is 8.00. The molecule has 0 heterocycles. The average Bonchev–Trinajstić information content (AvgIpc) is 2.54. The molecule has 1 atom stereocenters. The van der Waals surface area contributed by atoms with Gasteiger partial charge in [-0.1, -0.05) is 30.3 Å². The number of hydrogen-bond donors (Lipinski definition) is 1. The molecule has 0 spiro atoms. The van der Waals surface area contributed by atoms with E-state index in [1.807, 2.05) is 37.3 Å². The van der Waals surface area contributed by atoms with Gasteiger partial charge in [0.2, 0.25) is 5.91 Å².